The van der Waals surface area contributed by atoms with Crippen molar-refractivity contribution in [1.82, 2.24) is 4.90 Å². The maximum absolute atomic E-state index is 12.2. The first-order valence-corrected chi connectivity index (χ1v) is 8.65. The molecule has 6 nitrogen and oxygen atoms in total. The molecule has 0 aromatic heterocycles. The monoisotopic (exact) mass is 363 g/mol. The van der Waals surface area contributed by atoms with E-state index in [1.165, 1.54) is 12.2 Å². The molecule has 1 aliphatic rings. The summed E-state index contributed by atoms with van der Waals surface area (Å²) in [6.45, 7) is 3.95. The van der Waals surface area contributed by atoms with E-state index in [-0.39, 0.29) is 30.7 Å². The van der Waals surface area contributed by atoms with E-state index in [1.54, 1.807) is 0 Å². The first-order chi connectivity index (χ1) is 12.8. The summed E-state index contributed by atoms with van der Waals surface area (Å²) in [4.78, 5) is 36.2. The Morgan fingerprint density at radius 2 is 1.56 bits per heavy atom. The molecule has 0 saturated heterocycles. The van der Waals surface area contributed by atoms with Gasteiger partial charge in [0.2, 0.25) is 5.91 Å². The van der Waals surface area contributed by atoms with Gasteiger partial charge in [-0.2, -0.15) is 0 Å². The molecule has 0 radical (unpaired) electrons. The van der Waals surface area contributed by atoms with Gasteiger partial charge in [-0.15, -0.1) is 0 Å². The Morgan fingerprint density at radius 3 is 2.15 bits per heavy atom. The fourth-order valence-corrected chi connectivity index (χ4v) is 2.92. The van der Waals surface area contributed by atoms with Crippen molar-refractivity contribution in [2.75, 3.05) is 17.6 Å². The summed E-state index contributed by atoms with van der Waals surface area (Å²) in [7, 11) is 0. The van der Waals surface area contributed by atoms with Crippen LogP contribution in [0.4, 0.5) is 11.4 Å². The van der Waals surface area contributed by atoms with Crippen LogP contribution in [0.2, 0.25) is 0 Å². The van der Waals surface area contributed by atoms with Gasteiger partial charge in [-0.05, 0) is 60.4 Å². The molecule has 3 amide bonds. The van der Waals surface area contributed by atoms with Crippen molar-refractivity contribution in [3.8, 4) is 11.1 Å². The van der Waals surface area contributed by atoms with E-state index in [0.29, 0.717) is 5.69 Å². The van der Waals surface area contributed by atoms with Crippen LogP contribution in [-0.4, -0.2) is 29.2 Å². The van der Waals surface area contributed by atoms with Gasteiger partial charge < -0.3 is 11.1 Å². The van der Waals surface area contributed by atoms with Crippen LogP contribution in [-0.2, 0) is 14.4 Å². The fraction of sp³-hybridized carbons (Fsp3) is 0.190. The number of carbonyl (C=O) groups excluding carboxylic acids is 3. The normalized spacial score (nSPS) is 13.3. The summed E-state index contributed by atoms with van der Waals surface area (Å²) in [5, 5.41) is 2.83. The van der Waals surface area contributed by atoms with Crippen molar-refractivity contribution >= 4 is 29.1 Å². The number of benzene rings is 2. The van der Waals surface area contributed by atoms with Gasteiger partial charge in [0.15, 0.2) is 0 Å². The maximum Gasteiger partial charge on any atom is 0.253 e. The number of amides is 3. The van der Waals surface area contributed by atoms with E-state index in [2.05, 4.69) is 5.32 Å². The van der Waals surface area contributed by atoms with E-state index in [4.69, 9.17) is 5.73 Å². The molecule has 0 unspecified atom stereocenters. The minimum atomic E-state index is -0.382. The third-order valence-electron chi connectivity index (χ3n) is 4.57. The van der Waals surface area contributed by atoms with Crippen molar-refractivity contribution in [3.05, 3.63) is 59.7 Å². The van der Waals surface area contributed by atoms with Crippen molar-refractivity contribution in [3.63, 3.8) is 0 Å². The predicted molar refractivity (Wildman–Crippen MR) is 105 cm³/mol. The van der Waals surface area contributed by atoms with Gasteiger partial charge >= 0.3 is 0 Å². The molecule has 6 heteroatoms. The van der Waals surface area contributed by atoms with Crippen LogP contribution >= 0.6 is 0 Å². The van der Waals surface area contributed by atoms with Crippen molar-refractivity contribution in [1.29, 1.82) is 0 Å². The zero-order valence-corrected chi connectivity index (χ0v) is 15.3. The molecule has 2 aromatic rings. The second-order valence-electron chi connectivity index (χ2n) is 6.56. The topological polar surface area (TPSA) is 92.5 Å². The molecule has 0 bridgehead atoms. The van der Waals surface area contributed by atoms with Gasteiger partial charge in [0.1, 0.15) is 0 Å². The number of nitrogens with one attached hydrogen (secondary N) is 1. The van der Waals surface area contributed by atoms with Crippen LogP contribution in [0.5, 0.6) is 0 Å². The Kier molecular flexibility index (Phi) is 5.07. The predicted octanol–water partition coefficient (Wildman–Crippen LogP) is 2.81. The highest BCUT2D eigenvalue weighted by Gasteiger charge is 2.23. The molecule has 3 N–H and O–H groups in total. The van der Waals surface area contributed by atoms with E-state index in [1.807, 2.05) is 50.2 Å². The number of hydrogen-bond acceptors (Lipinski definition) is 4. The Morgan fingerprint density at radius 1 is 0.963 bits per heavy atom. The summed E-state index contributed by atoms with van der Waals surface area (Å²) >= 11 is 0. The van der Waals surface area contributed by atoms with Gasteiger partial charge in [0, 0.05) is 36.5 Å². The largest absolute Gasteiger partial charge is 0.399 e. The molecule has 138 valence electrons. The molecule has 0 atom stereocenters. The molecule has 27 heavy (non-hydrogen) atoms. The molecule has 0 spiro atoms. The van der Waals surface area contributed by atoms with Crippen LogP contribution in [0, 0.1) is 13.8 Å². The summed E-state index contributed by atoms with van der Waals surface area (Å²) < 4.78 is 0. The standard InChI is InChI=1S/C21H21N3O3/c1-13-11-15(3-5-17(13)22)16-4-6-18(14(2)12-16)23-19(25)9-10-24-20(26)7-8-21(24)27/h3-8,11-12H,9-10,22H2,1-2H3,(H,23,25). The van der Waals surface area contributed by atoms with Crippen LogP contribution in [0.1, 0.15) is 17.5 Å². The zero-order valence-electron chi connectivity index (χ0n) is 15.3. The van der Waals surface area contributed by atoms with Crippen LogP contribution in [0.25, 0.3) is 11.1 Å². The number of hydrogen-bond donors (Lipinski definition) is 2. The summed E-state index contributed by atoms with van der Waals surface area (Å²) in [6, 6.07) is 11.7. The Bertz CT molecular complexity index is 945. The number of rotatable bonds is 5. The minimum absolute atomic E-state index is 0.0531. The number of imide groups is 1. The van der Waals surface area contributed by atoms with E-state index in [9.17, 15) is 14.4 Å². The van der Waals surface area contributed by atoms with Crippen molar-refractivity contribution < 1.29 is 14.4 Å². The van der Waals surface area contributed by atoms with Crippen molar-refractivity contribution in [2.24, 2.45) is 0 Å². The Hall–Kier alpha value is -3.41. The van der Waals surface area contributed by atoms with Crippen LogP contribution in [0.15, 0.2) is 48.6 Å². The van der Waals surface area contributed by atoms with Crippen LogP contribution in [0.3, 0.4) is 0 Å². The molecule has 2 aromatic carbocycles. The van der Waals surface area contributed by atoms with Gasteiger partial charge in [-0.1, -0.05) is 12.1 Å². The second kappa shape index (κ2) is 7.45. The first kappa shape index (κ1) is 18.4. The number of nitrogen functional groups attached to an aromatic ring is 1. The lowest BCUT2D eigenvalue weighted by Gasteiger charge is -2.14. The average Bonchev–Trinajstić information content (AvgIpc) is 2.95. The fourth-order valence-electron chi connectivity index (χ4n) is 2.92. The zero-order chi connectivity index (χ0) is 19.6. The quantitative estimate of drug-likeness (QED) is 0.631. The van der Waals surface area contributed by atoms with Crippen LogP contribution < -0.4 is 11.1 Å². The highest BCUT2D eigenvalue weighted by Crippen LogP contribution is 2.27. The molecular formula is C21H21N3O3. The van der Waals surface area contributed by atoms with E-state index >= 15 is 0 Å². The van der Waals surface area contributed by atoms with E-state index < -0.39 is 0 Å². The highest BCUT2D eigenvalue weighted by atomic mass is 16.2. The second-order valence-corrected chi connectivity index (χ2v) is 6.56. The minimum Gasteiger partial charge on any atom is -0.399 e. The van der Waals surface area contributed by atoms with Gasteiger partial charge in [-0.25, -0.2) is 0 Å². The molecule has 0 saturated carbocycles. The maximum atomic E-state index is 12.2. The lowest BCUT2D eigenvalue weighted by molar-refractivity contribution is -0.137. The van der Waals surface area contributed by atoms with E-state index in [0.717, 1.165) is 32.8 Å². The third-order valence-corrected chi connectivity index (χ3v) is 4.57. The number of carbonyl (C=O) groups is 3. The summed E-state index contributed by atoms with van der Waals surface area (Å²) in [5.41, 5.74) is 11.4. The SMILES string of the molecule is Cc1cc(-c2ccc(NC(=O)CCN3C(=O)C=CC3=O)c(C)c2)ccc1N. The molecule has 1 heterocycles. The van der Waals surface area contributed by atoms with Gasteiger partial charge in [-0.3, -0.25) is 19.3 Å². The number of aryl methyl sites for hydroxylation is 2. The molecule has 0 aliphatic carbocycles. The number of anilines is 2. The molecular weight excluding hydrogens is 342 g/mol. The smallest absolute Gasteiger partial charge is 0.253 e. The first-order valence-electron chi connectivity index (χ1n) is 8.65. The lowest BCUT2D eigenvalue weighted by atomic mass is 10.00. The van der Waals surface area contributed by atoms with Crippen molar-refractivity contribution in [2.45, 2.75) is 20.3 Å². The molecule has 0 fully saturated rings. The highest BCUT2D eigenvalue weighted by molar-refractivity contribution is 6.13. The number of nitrogens with zero attached hydrogens (tertiary/aromatic N) is 1. The third kappa shape index (κ3) is 4.06. The Labute approximate surface area is 157 Å². The lowest BCUT2D eigenvalue weighted by Crippen LogP contribution is -2.33. The molecule has 3 rings (SSSR count). The summed E-state index contributed by atoms with van der Waals surface area (Å²) in [6.07, 6.45) is 2.47. The van der Waals surface area contributed by atoms with Gasteiger partial charge in [0.25, 0.3) is 11.8 Å². The Balaban J connectivity index is 1.65. The average molecular weight is 363 g/mol. The molecule has 1 aliphatic heterocycles. The van der Waals surface area contributed by atoms with Gasteiger partial charge in [0.05, 0.1) is 0 Å². The summed E-state index contributed by atoms with van der Waals surface area (Å²) in [5.74, 6) is -1.01. The number of nitrogens with two attached hydrogens (primary N) is 1.